The van der Waals surface area contributed by atoms with Gasteiger partial charge >= 0.3 is 0 Å². The highest BCUT2D eigenvalue weighted by atomic mass is 16.2. The molecule has 3 rings (SSSR count). The minimum Gasteiger partial charge on any atom is -0.342 e. The van der Waals surface area contributed by atoms with Crippen LogP contribution in [0.25, 0.3) is 0 Å². The quantitative estimate of drug-likeness (QED) is 0.933. The summed E-state index contributed by atoms with van der Waals surface area (Å²) in [5.41, 5.74) is 7.45. The summed E-state index contributed by atoms with van der Waals surface area (Å²) < 4.78 is 0. The van der Waals surface area contributed by atoms with Crippen LogP contribution in [0.1, 0.15) is 44.1 Å². The number of carbonyl (C=O) groups excluding carboxylic acids is 1. The molecule has 120 valence electrons. The maximum atomic E-state index is 12.6. The Labute approximate surface area is 133 Å². The number of hydrogen-bond donors (Lipinski definition) is 1. The lowest BCUT2D eigenvalue weighted by molar-refractivity contribution is -0.138. The summed E-state index contributed by atoms with van der Waals surface area (Å²) in [5, 5.41) is 0. The Morgan fingerprint density at radius 2 is 1.82 bits per heavy atom. The molecule has 1 saturated carbocycles. The molecule has 1 aliphatic heterocycles. The summed E-state index contributed by atoms with van der Waals surface area (Å²) in [6, 6.07) is 10.9. The lowest BCUT2D eigenvalue weighted by Crippen LogP contribution is -2.44. The van der Waals surface area contributed by atoms with Gasteiger partial charge in [-0.1, -0.05) is 36.8 Å². The molecule has 2 atom stereocenters. The third-order valence-electron chi connectivity index (χ3n) is 5.36. The number of amides is 1. The van der Waals surface area contributed by atoms with E-state index < -0.39 is 0 Å². The van der Waals surface area contributed by atoms with Crippen LogP contribution >= 0.6 is 0 Å². The van der Waals surface area contributed by atoms with Crippen molar-refractivity contribution >= 4 is 5.91 Å². The molecule has 3 heteroatoms. The number of piperidine rings is 1. The number of hydrogen-bond acceptors (Lipinski definition) is 2. The smallest absolute Gasteiger partial charge is 0.225 e. The first-order valence-corrected chi connectivity index (χ1v) is 8.80. The number of benzene rings is 1. The molecule has 1 heterocycles. The van der Waals surface area contributed by atoms with Crippen molar-refractivity contribution in [3.8, 4) is 0 Å². The fraction of sp³-hybridized carbons (Fsp3) is 0.632. The van der Waals surface area contributed by atoms with Gasteiger partial charge in [-0.15, -0.1) is 0 Å². The molecule has 1 aromatic rings. The second-order valence-corrected chi connectivity index (χ2v) is 7.08. The standard InChI is InChI=1S/C19H28N2O/c20-18-8-4-7-17(14-18)19(22)21-11-9-16(10-12-21)13-15-5-2-1-3-6-15/h1-3,5-6,16-18H,4,7-14,20H2. The Balaban J connectivity index is 1.48. The second-order valence-electron chi connectivity index (χ2n) is 7.08. The van der Waals surface area contributed by atoms with Crippen LogP contribution in [-0.4, -0.2) is 29.9 Å². The SMILES string of the molecule is NC1CCCC(C(=O)N2CCC(Cc3ccccc3)CC2)C1. The Kier molecular flexibility index (Phi) is 5.14. The third kappa shape index (κ3) is 3.89. The van der Waals surface area contributed by atoms with Gasteiger partial charge in [-0.25, -0.2) is 0 Å². The molecular weight excluding hydrogens is 272 g/mol. The monoisotopic (exact) mass is 300 g/mol. The minimum absolute atomic E-state index is 0.189. The largest absolute Gasteiger partial charge is 0.342 e. The second kappa shape index (κ2) is 7.28. The highest BCUT2D eigenvalue weighted by Crippen LogP contribution is 2.28. The number of rotatable bonds is 3. The van der Waals surface area contributed by atoms with E-state index >= 15 is 0 Å². The molecule has 1 amide bonds. The molecule has 3 nitrogen and oxygen atoms in total. The molecule has 22 heavy (non-hydrogen) atoms. The van der Waals surface area contributed by atoms with Crippen LogP contribution in [-0.2, 0) is 11.2 Å². The van der Waals surface area contributed by atoms with Gasteiger partial charge < -0.3 is 10.6 Å². The number of likely N-dealkylation sites (tertiary alicyclic amines) is 1. The van der Waals surface area contributed by atoms with Gasteiger partial charge in [0.25, 0.3) is 0 Å². The molecule has 0 aromatic heterocycles. The van der Waals surface area contributed by atoms with Gasteiger partial charge in [0, 0.05) is 25.0 Å². The summed E-state index contributed by atoms with van der Waals surface area (Å²) in [4.78, 5) is 14.7. The van der Waals surface area contributed by atoms with Crippen LogP contribution < -0.4 is 5.73 Å². The van der Waals surface area contributed by atoms with Crippen LogP contribution in [0.15, 0.2) is 30.3 Å². The van der Waals surface area contributed by atoms with Gasteiger partial charge in [-0.2, -0.15) is 0 Å². The minimum atomic E-state index is 0.189. The summed E-state index contributed by atoms with van der Waals surface area (Å²) in [6.45, 7) is 1.87. The van der Waals surface area contributed by atoms with E-state index in [9.17, 15) is 4.79 Å². The Morgan fingerprint density at radius 1 is 1.09 bits per heavy atom. The first kappa shape index (κ1) is 15.5. The number of carbonyl (C=O) groups is 1. The third-order valence-corrected chi connectivity index (χ3v) is 5.36. The first-order valence-electron chi connectivity index (χ1n) is 8.80. The van der Waals surface area contributed by atoms with Crippen molar-refractivity contribution in [2.75, 3.05) is 13.1 Å². The van der Waals surface area contributed by atoms with Gasteiger partial charge in [0.05, 0.1) is 0 Å². The maximum absolute atomic E-state index is 12.6. The van der Waals surface area contributed by atoms with Crippen LogP contribution in [0.3, 0.4) is 0 Å². The summed E-state index contributed by atoms with van der Waals surface area (Å²) in [6.07, 6.45) is 7.56. The van der Waals surface area contributed by atoms with Gasteiger partial charge in [0.15, 0.2) is 0 Å². The highest BCUT2D eigenvalue weighted by molar-refractivity contribution is 5.79. The fourth-order valence-corrected chi connectivity index (χ4v) is 4.01. The van der Waals surface area contributed by atoms with E-state index in [1.54, 1.807) is 0 Å². The number of nitrogens with two attached hydrogens (primary N) is 1. The van der Waals surface area contributed by atoms with Crippen molar-refractivity contribution in [2.24, 2.45) is 17.6 Å². The lowest BCUT2D eigenvalue weighted by atomic mass is 9.84. The topological polar surface area (TPSA) is 46.3 Å². The summed E-state index contributed by atoms with van der Waals surface area (Å²) in [7, 11) is 0. The zero-order valence-electron chi connectivity index (χ0n) is 13.4. The first-order chi connectivity index (χ1) is 10.7. The Bertz CT molecular complexity index is 479. The Morgan fingerprint density at radius 3 is 2.50 bits per heavy atom. The molecule has 2 fully saturated rings. The average Bonchev–Trinajstić information content (AvgIpc) is 2.56. The molecule has 1 aliphatic carbocycles. The highest BCUT2D eigenvalue weighted by Gasteiger charge is 2.31. The fourth-order valence-electron chi connectivity index (χ4n) is 4.01. The molecule has 0 radical (unpaired) electrons. The van der Waals surface area contributed by atoms with Crippen LogP contribution in [0.4, 0.5) is 0 Å². The summed E-state index contributed by atoms with van der Waals surface area (Å²) >= 11 is 0. The van der Waals surface area contributed by atoms with Gasteiger partial charge in [0.1, 0.15) is 0 Å². The zero-order valence-corrected chi connectivity index (χ0v) is 13.4. The van der Waals surface area contributed by atoms with Crippen LogP contribution in [0, 0.1) is 11.8 Å². The van der Waals surface area contributed by atoms with Crippen molar-refractivity contribution in [2.45, 2.75) is 51.0 Å². The van der Waals surface area contributed by atoms with Crippen molar-refractivity contribution in [3.05, 3.63) is 35.9 Å². The van der Waals surface area contributed by atoms with Crippen LogP contribution in [0.5, 0.6) is 0 Å². The van der Waals surface area contributed by atoms with Crippen LogP contribution in [0.2, 0.25) is 0 Å². The van der Waals surface area contributed by atoms with E-state index in [0.29, 0.717) is 5.91 Å². The maximum Gasteiger partial charge on any atom is 0.225 e. The molecule has 0 bridgehead atoms. The molecule has 0 spiro atoms. The van der Waals surface area contributed by atoms with E-state index in [1.165, 1.54) is 5.56 Å². The van der Waals surface area contributed by atoms with Crippen molar-refractivity contribution in [3.63, 3.8) is 0 Å². The van der Waals surface area contributed by atoms with E-state index in [-0.39, 0.29) is 12.0 Å². The molecule has 1 saturated heterocycles. The summed E-state index contributed by atoms with van der Waals surface area (Å²) in [5.74, 6) is 1.28. The van der Waals surface area contributed by atoms with Crippen molar-refractivity contribution in [1.82, 2.24) is 4.90 Å². The van der Waals surface area contributed by atoms with E-state index in [2.05, 4.69) is 35.2 Å². The number of nitrogens with zero attached hydrogens (tertiary/aromatic N) is 1. The molecule has 1 aromatic carbocycles. The predicted octanol–water partition coefficient (Wildman–Crippen LogP) is 2.99. The zero-order chi connectivity index (χ0) is 15.4. The molecule has 2 aliphatic rings. The van der Waals surface area contributed by atoms with E-state index in [4.69, 9.17) is 5.73 Å². The van der Waals surface area contributed by atoms with E-state index in [1.807, 2.05) is 0 Å². The normalized spacial score (nSPS) is 26.9. The van der Waals surface area contributed by atoms with Gasteiger partial charge in [-0.05, 0) is 50.0 Å². The van der Waals surface area contributed by atoms with Crippen molar-refractivity contribution in [1.29, 1.82) is 0 Å². The molecule has 2 N–H and O–H groups in total. The lowest BCUT2D eigenvalue weighted by Gasteiger charge is -2.36. The van der Waals surface area contributed by atoms with E-state index in [0.717, 1.165) is 64.0 Å². The Hall–Kier alpha value is -1.35. The average molecular weight is 300 g/mol. The molecule has 2 unspecified atom stereocenters. The van der Waals surface area contributed by atoms with Gasteiger partial charge in [-0.3, -0.25) is 4.79 Å². The molecular formula is C19H28N2O. The van der Waals surface area contributed by atoms with Crippen molar-refractivity contribution < 1.29 is 4.79 Å². The predicted molar refractivity (Wildman–Crippen MR) is 89.4 cm³/mol. The van der Waals surface area contributed by atoms with Gasteiger partial charge in [0.2, 0.25) is 5.91 Å².